The molecule has 0 saturated heterocycles. The highest BCUT2D eigenvalue weighted by atomic mass is 79.9. The second kappa shape index (κ2) is 5.07. The van der Waals surface area contributed by atoms with Gasteiger partial charge in [-0.2, -0.15) is 0 Å². The second-order valence-electron chi connectivity index (χ2n) is 2.85. The lowest BCUT2D eigenvalue weighted by Crippen LogP contribution is -2.06. The van der Waals surface area contributed by atoms with Gasteiger partial charge in [0, 0.05) is 4.47 Å². The van der Waals surface area contributed by atoms with E-state index in [1.54, 1.807) is 6.07 Å². The van der Waals surface area contributed by atoms with Crippen molar-refractivity contribution in [3.63, 3.8) is 0 Å². The Kier molecular flexibility index (Phi) is 4.03. The molecule has 0 aliphatic rings. The van der Waals surface area contributed by atoms with Crippen molar-refractivity contribution in [1.82, 2.24) is 9.97 Å². The molecule has 1 aromatic heterocycles. The van der Waals surface area contributed by atoms with Gasteiger partial charge in [0.25, 0.3) is 5.56 Å². The average Bonchev–Trinajstić information content (AvgIpc) is 2.23. The number of halogens is 1. The molecule has 80 valence electrons. The van der Waals surface area contributed by atoms with Crippen LogP contribution in [0.15, 0.2) is 27.7 Å². The van der Waals surface area contributed by atoms with Crippen molar-refractivity contribution in [2.24, 2.45) is 0 Å². The van der Waals surface area contributed by atoms with Crippen LogP contribution in [-0.4, -0.2) is 9.97 Å². The molecule has 3 nitrogen and oxygen atoms in total. The minimum atomic E-state index is -0.102. The van der Waals surface area contributed by atoms with E-state index in [-0.39, 0.29) is 5.56 Å². The summed E-state index contributed by atoms with van der Waals surface area (Å²) in [6.07, 6.45) is 1.42. The predicted octanol–water partition coefficient (Wildman–Crippen LogP) is 3.02. The number of H-pyrrole nitrogens is 1. The third-order valence-corrected chi connectivity index (χ3v) is 2.36. The molecule has 2 aromatic rings. The van der Waals surface area contributed by atoms with Gasteiger partial charge in [0.2, 0.25) is 0 Å². The Morgan fingerprint density at radius 3 is 2.67 bits per heavy atom. The molecule has 0 amide bonds. The Hall–Kier alpha value is -1.16. The van der Waals surface area contributed by atoms with Crippen LogP contribution in [0.4, 0.5) is 0 Å². The molecular weight excluding hydrogens is 256 g/mol. The van der Waals surface area contributed by atoms with E-state index >= 15 is 0 Å². The third kappa shape index (κ3) is 2.45. The summed E-state index contributed by atoms with van der Waals surface area (Å²) >= 11 is 3.34. The quantitative estimate of drug-likeness (QED) is 0.799. The van der Waals surface area contributed by atoms with Gasteiger partial charge in [0.1, 0.15) is 0 Å². The molecule has 0 radical (unpaired) electrons. The van der Waals surface area contributed by atoms with Gasteiger partial charge in [0.05, 0.1) is 17.2 Å². The molecule has 0 bridgehead atoms. The Labute approximate surface area is 96.7 Å². The first-order valence-electron chi connectivity index (χ1n) is 4.82. The van der Waals surface area contributed by atoms with Crippen LogP contribution in [0.3, 0.4) is 0 Å². The molecular formula is C11H13BrN2O. The minimum Gasteiger partial charge on any atom is -0.313 e. The molecule has 1 aromatic carbocycles. The van der Waals surface area contributed by atoms with E-state index in [1.165, 1.54) is 6.33 Å². The summed E-state index contributed by atoms with van der Waals surface area (Å²) in [5, 5.41) is 0.620. The maximum absolute atomic E-state index is 11.4. The Balaban J connectivity index is 0.000000531. The largest absolute Gasteiger partial charge is 0.313 e. The lowest BCUT2D eigenvalue weighted by atomic mass is 10.1. The SMILES string of the molecule is CC.Cc1cc(Br)cc2c(=O)[nH]cnc12. The Morgan fingerprint density at radius 1 is 1.33 bits per heavy atom. The summed E-state index contributed by atoms with van der Waals surface area (Å²) < 4.78 is 0.899. The minimum absolute atomic E-state index is 0.102. The van der Waals surface area contributed by atoms with Crippen LogP contribution in [-0.2, 0) is 0 Å². The Morgan fingerprint density at radius 2 is 2.00 bits per heavy atom. The van der Waals surface area contributed by atoms with E-state index in [0.717, 1.165) is 15.6 Å². The molecule has 2 rings (SSSR count). The summed E-state index contributed by atoms with van der Waals surface area (Å²) in [5.41, 5.74) is 1.65. The summed E-state index contributed by atoms with van der Waals surface area (Å²) in [7, 11) is 0. The van der Waals surface area contributed by atoms with Crippen LogP contribution in [0.5, 0.6) is 0 Å². The summed E-state index contributed by atoms with van der Waals surface area (Å²) in [6, 6.07) is 3.71. The zero-order valence-corrected chi connectivity index (χ0v) is 10.6. The highest BCUT2D eigenvalue weighted by Crippen LogP contribution is 2.18. The van der Waals surface area contributed by atoms with Crippen LogP contribution in [0.2, 0.25) is 0 Å². The maximum Gasteiger partial charge on any atom is 0.258 e. The van der Waals surface area contributed by atoms with E-state index in [1.807, 2.05) is 26.8 Å². The van der Waals surface area contributed by atoms with Gasteiger partial charge < -0.3 is 4.98 Å². The first kappa shape index (κ1) is 11.9. The normalized spacial score (nSPS) is 9.60. The van der Waals surface area contributed by atoms with Gasteiger partial charge >= 0.3 is 0 Å². The van der Waals surface area contributed by atoms with Crippen molar-refractivity contribution < 1.29 is 0 Å². The molecule has 15 heavy (non-hydrogen) atoms. The highest BCUT2D eigenvalue weighted by molar-refractivity contribution is 9.10. The van der Waals surface area contributed by atoms with Crippen molar-refractivity contribution in [3.8, 4) is 0 Å². The van der Waals surface area contributed by atoms with Crippen molar-refractivity contribution in [2.45, 2.75) is 20.8 Å². The van der Waals surface area contributed by atoms with Gasteiger partial charge in [-0.25, -0.2) is 4.98 Å². The fourth-order valence-corrected chi connectivity index (χ4v) is 1.89. The van der Waals surface area contributed by atoms with E-state index in [4.69, 9.17) is 0 Å². The molecule has 1 heterocycles. The van der Waals surface area contributed by atoms with E-state index in [0.29, 0.717) is 5.39 Å². The first-order valence-corrected chi connectivity index (χ1v) is 5.61. The van der Waals surface area contributed by atoms with Crippen LogP contribution >= 0.6 is 15.9 Å². The first-order chi connectivity index (χ1) is 7.18. The predicted molar refractivity (Wildman–Crippen MR) is 66.1 cm³/mol. The van der Waals surface area contributed by atoms with Crippen molar-refractivity contribution in [1.29, 1.82) is 0 Å². The number of rotatable bonds is 0. The monoisotopic (exact) mass is 268 g/mol. The molecule has 1 N–H and O–H groups in total. The standard InChI is InChI=1S/C9H7BrN2O.C2H6/c1-5-2-6(10)3-7-8(5)11-4-12-9(7)13;1-2/h2-4H,1H3,(H,11,12,13);1-2H3. The zero-order chi connectivity index (χ0) is 11.4. The molecule has 0 spiro atoms. The second-order valence-corrected chi connectivity index (χ2v) is 3.77. The molecule has 0 fully saturated rings. The molecule has 0 aliphatic carbocycles. The number of aromatic amines is 1. The number of aromatic nitrogens is 2. The number of nitrogens with zero attached hydrogens (tertiary/aromatic N) is 1. The highest BCUT2D eigenvalue weighted by Gasteiger charge is 2.02. The lowest BCUT2D eigenvalue weighted by Gasteiger charge is -2.00. The topological polar surface area (TPSA) is 45.8 Å². The summed E-state index contributed by atoms with van der Waals surface area (Å²) in [4.78, 5) is 18.0. The smallest absolute Gasteiger partial charge is 0.258 e. The maximum atomic E-state index is 11.4. The van der Waals surface area contributed by atoms with Gasteiger partial charge in [-0.05, 0) is 24.6 Å². The number of aryl methyl sites for hydroxylation is 1. The molecule has 0 aliphatic heterocycles. The number of nitrogens with one attached hydrogen (secondary N) is 1. The number of hydrogen-bond acceptors (Lipinski definition) is 2. The average molecular weight is 269 g/mol. The number of benzene rings is 1. The third-order valence-electron chi connectivity index (χ3n) is 1.90. The van der Waals surface area contributed by atoms with Gasteiger partial charge in [-0.3, -0.25) is 4.79 Å². The molecule has 0 unspecified atom stereocenters. The van der Waals surface area contributed by atoms with Crippen LogP contribution < -0.4 is 5.56 Å². The molecule has 0 atom stereocenters. The van der Waals surface area contributed by atoms with Crippen LogP contribution in [0.25, 0.3) is 10.9 Å². The fraction of sp³-hybridized carbons (Fsp3) is 0.273. The zero-order valence-electron chi connectivity index (χ0n) is 8.97. The van der Waals surface area contributed by atoms with E-state index < -0.39 is 0 Å². The van der Waals surface area contributed by atoms with Crippen LogP contribution in [0.1, 0.15) is 19.4 Å². The van der Waals surface area contributed by atoms with Gasteiger partial charge in [0.15, 0.2) is 0 Å². The molecule has 0 saturated carbocycles. The fourth-order valence-electron chi connectivity index (χ4n) is 1.31. The summed E-state index contributed by atoms with van der Waals surface area (Å²) in [5.74, 6) is 0. The van der Waals surface area contributed by atoms with Crippen molar-refractivity contribution in [2.75, 3.05) is 0 Å². The van der Waals surface area contributed by atoms with Crippen LogP contribution in [0, 0.1) is 6.92 Å². The summed E-state index contributed by atoms with van der Waals surface area (Å²) in [6.45, 7) is 5.93. The Bertz CT molecular complexity index is 519. The number of hydrogen-bond donors (Lipinski definition) is 1. The van der Waals surface area contributed by atoms with Crippen molar-refractivity contribution in [3.05, 3.63) is 38.9 Å². The van der Waals surface area contributed by atoms with Gasteiger partial charge in [-0.15, -0.1) is 0 Å². The van der Waals surface area contributed by atoms with E-state index in [2.05, 4.69) is 25.9 Å². The molecule has 4 heteroatoms. The van der Waals surface area contributed by atoms with Gasteiger partial charge in [-0.1, -0.05) is 29.8 Å². The lowest BCUT2D eigenvalue weighted by molar-refractivity contribution is 1.16. The van der Waals surface area contributed by atoms with Crippen molar-refractivity contribution >= 4 is 26.8 Å². The van der Waals surface area contributed by atoms with E-state index in [9.17, 15) is 4.79 Å². The number of fused-ring (bicyclic) bond motifs is 1.